The summed E-state index contributed by atoms with van der Waals surface area (Å²) < 4.78 is 0. The van der Waals surface area contributed by atoms with Gasteiger partial charge in [-0.05, 0) is 65.3 Å². The molecule has 1 aromatic carbocycles. The van der Waals surface area contributed by atoms with Gasteiger partial charge >= 0.3 is 0 Å². The number of aromatic nitrogens is 2. The predicted molar refractivity (Wildman–Crippen MR) is 107 cm³/mol. The minimum Gasteiger partial charge on any atom is -0.372 e. The average molecular weight is 355 g/mol. The van der Waals surface area contributed by atoms with Gasteiger partial charge in [-0.25, -0.2) is 9.97 Å². The molecule has 2 N–H and O–H groups in total. The lowest BCUT2D eigenvalue weighted by molar-refractivity contribution is 0.0914. The highest BCUT2D eigenvalue weighted by molar-refractivity contribution is 5.92. The van der Waals surface area contributed by atoms with Crippen LogP contribution in [0.1, 0.15) is 50.7 Å². The maximum Gasteiger partial charge on any atom is 0.271 e. The molecule has 0 aliphatic rings. The van der Waals surface area contributed by atoms with Gasteiger partial charge < -0.3 is 15.5 Å². The van der Waals surface area contributed by atoms with E-state index in [0.29, 0.717) is 11.5 Å². The zero-order valence-electron chi connectivity index (χ0n) is 16.6. The van der Waals surface area contributed by atoms with Crippen LogP contribution in [-0.2, 0) is 0 Å². The van der Waals surface area contributed by atoms with Crippen molar-refractivity contribution in [1.29, 1.82) is 0 Å². The van der Waals surface area contributed by atoms with Crippen LogP contribution in [0.25, 0.3) is 0 Å². The molecule has 0 unspecified atom stereocenters. The number of amides is 1. The third-order valence-electron chi connectivity index (χ3n) is 3.97. The Morgan fingerprint density at radius 1 is 1.12 bits per heavy atom. The van der Waals surface area contributed by atoms with E-state index in [2.05, 4.69) is 58.4 Å². The van der Waals surface area contributed by atoms with Gasteiger partial charge in [0.15, 0.2) is 0 Å². The van der Waals surface area contributed by atoms with E-state index in [4.69, 9.17) is 0 Å². The number of rotatable bonds is 6. The molecule has 2 rings (SSSR count). The Morgan fingerprint density at radius 3 is 2.31 bits per heavy atom. The zero-order chi connectivity index (χ0) is 19.3. The number of hydrogen-bond acceptors (Lipinski definition) is 5. The first-order valence-corrected chi connectivity index (χ1v) is 9.00. The van der Waals surface area contributed by atoms with Crippen molar-refractivity contribution in [3.8, 4) is 0 Å². The predicted octanol–water partition coefficient (Wildman–Crippen LogP) is 3.90. The molecule has 1 heterocycles. The maximum atomic E-state index is 12.1. The number of aryl methyl sites for hydroxylation is 1. The first-order chi connectivity index (χ1) is 12.2. The summed E-state index contributed by atoms with van der Waals surface area (Å²) in [6.07, 6.45) is 3.07. The van der Waals surface area contributed by atoms with Crippen molar-refractivity contribution in [1.82, 2.24) is 15.3 Å². The normalized spacial score (nSPS) is 11.2. The van der Waals surface area contributed by atoms with Crippen molar-refractivity contribution < 1.29 is 4.79 Å². The molecule has 140 valence electrons. The second-order valence-corrected chi connectivity index (χ2v) is 7.29. The van der Waals surface area contributed by atoms with Crippen LogP contribution in [0.2, 0.25) is 0 Å². The molecule has 0 radical (unpaired) electrons. The van der Waals surface area contributed by atoms with Gasteiger partial charge in [-0.15, -0.1) is 0 Å². The van der Waals surface area contributed by atoms with Crippen molar-refractivity contribution in [2.75, 3.05) is 23.3 Å². The van der Waals surface area contributed by atoms with Crippen molar-refractivity contribution in [2.45, 2.75) is 47.1 Å². The average Bonchev–Trinajstić information content (AvgIpc) is 2.57. The van der Waals surface area contributed by atoms with Crippen molar-refractivity contribution >= 4 is 23.1 Å². The fourth-order valence-electron chi connectivity index (χ4n) is 2.63. The molecule has 26 heavy (non-hydrogen) atoms. The summed E-state index contributed by atoms with van der Waals surface area (Å²) in [5.41, 5.74) is 3.31. The quantitative estimate of drug-likeness (QED) is 0.822. The Bertz CT molecular complexity index is 746. The first-order valence-electron chi connectivity index (χ1n) is 9.00. The molecule has 0 atom stereocenters. The number of nitrogens with one attached hydrogen (secondary N) is 2. The van der Waals surface area contributed by atoms with Gasteiger partial charge in [0.05, 0.1) is 12.4 Å². The SMILES string of the molecule is CCN(CC)c1ccc(Nc2cnc(C(=O)NC(C)(C)C)cn2)c(C)c1. The zero-order valence-corrected chi connectivity index (χ0v) is 16.6. The number of nitrogens with zero attached hydrogens (tertiary/aromatic N) is 3. The Labute approximate surface area is 156 Å². The standard InChI is InChI=1S/C20H29N5O/c1-7-25(8-2)15-9-10-16(14(3)11-15)23-18-13-21-17(12-22-18)19(26)24-20(4,5)6/h9-13H,7-8H2,1-6H3,(H,22,23)(H,24,26). The number of carbonyl (C=O) groups excluding carboxylic acids is 1. The van der Waals surface area contributed by atoms with Crippen LogP contribution in [-0.4, -0.2) is 34.5 Å². The molecule has 6 heteroatoms. The van der Waals surface area contributed by atoms with E-state index in [9.17, 15) is 4.79 Å². The van der Waals surface area contributed by atoms with E-state index >= 15 is 0 Å². The summed E-state index contributed by atoms with van der Waals surface area (Å²) in [4.78, 5) is 22.9. The summed E-state index contributed by atoms with van der Waals surface area (Å²) in [5, 5.41) is 6.14. The number of carbonyl (C=O) groups is 1. The molecule has 1 amide bonds. The fourth-order valence-corrected chi connectivity index (χ4v) is 2.63. The van der Waals surface area contributed by atoms with Crippen LogP contribution < -0.4 is 15.5 Å². The van der Waals surface area contributed by atoms with Gasteiger partial charge in [0.1, 0.15) is 11.5 Å². The second-order valence-electron chi connectivity index (χ2n) is 7.29. The Balaban J connectivity index is 2.10. The molecule has 0 aliphatic heterocycles. The molecule has 0 spiro atoms. The minimum absolute atomic E-state index is 0.226. The third kappa shape index (κ3) is 5.18. The van der Waals surface area contributed by atoms with Crippen LogP contribution in [0.5, 0.6) is 0 Å². The maximum absolute atomic E-state index is 12.1. The summed E-state index contributed by atoms with van der Waals surface area (Å²) >= 11 is 0. The van der Waals surface area contributed by atoms with Gasteiger partial charge in [-0.3, -0.25) is 4.79 Å². The first kappa shape index (κ1) is 19.7. The minimum atomic E-state index is -0.306. The summed E-state index contributed by atoms with van der Waals surface area (Å²) in [6, 6.07) is 6.31. The Kier molecular flexibility index (Phi) is 6.18. The van der Waals surface area contributed by atoms with Crippen LogP contribution in [0.3, 0.4) is 0 Å². The van der Waals surface area contributed by atoms with Gasteiger partial charge in [0.25, 0.3) is 5.91 Å². The third-order valence-corrected chi connectivity index (χ3v) is 3.97. The lowest BCUT2D eigenvalue weighted by Gasteiger charge is -2.22. The van der Waals surface area contributed by atoms with Gasteiger partial charge in [-0.1, -0.05) is 0 Å². The van der Waals surface area contributed by atoms with E-state index in [1.807, 2.05) is 26.8 Å². The molecule has 2 aromatic rings. The molecule has 0 fully saturated rings. The monoisotopic (exact) mass is 355 g/mol. The van der Waals surface area contributed by atoms with E-state index in [-0.39, 0.29) is 11.4 Å². The molecule has 6 nitrogen and oxygen atoms in total. The van der Waals surface area contributed by atoms with Crippen LogP contribution in [0.15, 0.2) is 30.6 Å². The van der Waals surface area contributed by atoms with E-state index in [0.717, 1.165) is 24.3 Å². The van der Waals surface area contributed by atoms with E-state index < -0.39 is 0 Å². The largest absolute Gasteiger partial charge is 0.372 e. The van der Waals surface area contributed by atoms with E-state index in [1.54, 1.807) is 6.20 Å². The van der Waals surface area contributed by atoms with Gasteiger partial charge in [0.2, 0.25) is 0 Å². The molecule has 0 bridgehead atoms. The van der Waals surface area contributed by atoms with Crippen LogP contribution >= 0.6 is 0 Å². The number of hydrogen-bond donors (Lipinski definition) is 2. The summed E-state index contributed by atoms with van der Waals surface area (Å²) in [5.74, 6) is 0.382. The lowest BCUT2D eigenvalue weighted by Crippen LogP contribution is -2.40. The molecule has 0 saturated heterocycles. The molecule has 1 aromatic heterocycles. The highest BCUT2D eigenvalue weighted by Gasteiger charge is 2.16. The Morgan fingerprint density at radius 2 is 1.81 bits per heavy atom. The molecular formula is C20H29N5O. The molecule has 0 aliphatic carbocycles. The molecular weight excluding hydrogens is 326 g/mol. The van der Waals surface area contributed by atoms with E-state index in [1.165, 1.54) is 11.9 Å². The fraction of sp³-hybridized carbons (Fsp3) is 0.450. The van der Waals surface area contributed by atoms with Crippen molar-refractivity contribution in [3.05, 3.63) is 41.9 Å². The van der Waals surface area contributed by atoms with Crippen molar-refractivity contribution in [2.24, 2.45) is 0 Å². The summed E-state index contributed by atoms with van der Waals surface area (Å²) in [6.45, 7) is 14.1. The highest BCUT2D eigenvalue weighted by atomic mass is 16.2. The smallest absolute Gasteiger partial charge is 0.271 e. The highest BCUT2D eigenvalue weighted by Crippen LogP contribution is 2.24. The van der Waals surface area contributed by atoms with Crippen LogP contribution in [0.4, 0.5) is 17.2 Å². The summed E-state index contributed by atoms with van der Waals surface area (Å²) in [7, 11) is 0. The molecule has 0 saturated carbocycles. The number of anilines is 3. The van der Waals surface area contributed by atoms with Gasteiger partial charge in [-0.2, -0.15) is 0 Å². The Hall–Kier alpha value is -2.63. The second kappa shape index (κ2) is 8.17. The van der Waals surface area contributed by atoms with Crippen molar-refractivity contribution in [3.63, 3.8) is 0 Å². The van der Waals surface area contributed by atoms with Gasteiger partial charge in [0, 0.05) is 30.0 Å². The van der Waals surface area contributed by atoms with Crippen LogP contribution in [0, 0.1) is 6.92 Å². The lowest BCUT2D eigenvalue weighted by atomic mass is 10.1. The topological polar surface area (TPSA) is 70.2 Å². The number of benzene rings is 1.